The third kappa shape index (κ3) is 1.18. The smallest absolute Gasteiger partial charge is 0.520 e. The van der Waals surface area contributed by atoms with Crippen molar-refractivity contribution < 1.29 is 9.31 Å². The predicted molar refractivity (Wildman–Crippen MR) is 48.3 cm³/mol. The maximum absolute atomic E-state index is 5.44. The summed E-state index contributed by atoms with van der Waals surface area (Å²) in [5.41, 5.74) is 0. The van der Waals surface area contributed by atoms with Crippen LogP contribution in [-0.2, 0) is 0 Å². The Hall–Kier alpha value is -1.38. The Morgan fingerprint density at radius 3 is 2.25 bits per heavy atom. The number of fused-ring (bicyclic) bond motifs is 1. The van der Waals surface area contributed by atoms with Crippen LogP contribution in [0.15, 0.2) is 36.3 Å². The van der Waals surface area contributed by atoms with Gasteiger partial charge in [-0.2, -0.15) is 0 Å². The highest BCUT2D eigenvalue weighted by molar-refractivity contribution is 6.53. The van der Waals surface area contributed by atoms with Gasteiger partial charge in [0.15, 0.2) is 0 Å². The first-order valence-electron chi connectivity index (χ1n) is 3.95. The van der Waals surface area contributed by atoms with E-state index in [1.54, 1.807) is 0 Å². The van der Waals surface area contributed by atoms with Crippen LogP contribution in [0.3, 0.4) is 0 Å². The fourth-order valence-corrected chi connectivity index (χ4v) is 1.15. The quantitative estimate of drug-likeness (QED) is 0.585. The van der Waals surface area contributed by atoms with Gasteiger partial charge >= 0.3 is 7.12 Å². The standard InChI is InChI=1S/C9H9BO2/c1-2-7-10-11-8-5-3-4-6-9(8)12-10/h2-7H,1H3/b7-2-. The second-order valence-electron chi connectivity index (χ2n) is 2.58. The number of hydrogen-bond acceptors (Lipinski definition) is 2. The van der Waals surface area contributed by atoms with Gasteiger partial charge in [-0.25, -0.2) is 0 Å². The van der Waals surface area contributed by atoms with Crippen LogP contribution in [0.5, 0.6) is 11.5 Å². The van der Waals surface area contributed by atoms with Crippen molar-refractivity contribution in [3.8, 4) is 11.5 Å². The molecule has 2 rings (SSSR count). The highest BCUT2D eigenvalue weighted by Gasteiger charge is 2.27. The van der Waals surface area contributed by atoms with Gasteiger partial charge in [-0.1, -0.05) is 18.2 Å². The van der Waals surface area contributed by atoms with Crippen molar-refractivity contribution in [3.05, 3.63) is 36.3 Å². The molecule has 0 radical (unpaired) electrons. The average Bonchev–Trinajstić information content (AvgIpc) is 2.47. The van der Waals surface area contributed by atoms with Gasteiger partial charge in [0, 0.05) is 0 Å². The van der Waals surface area contributed by atoms with Crippen LogP contribution in [0.4, 0.5) is 0 Å². The van der Waals surface area contributed by atoms with E-state index in [9.17, 15) is 0 Å². The lowest BCUT2D eigenvalue weighted by molar-refractivity contribution is 0.517. The van der Waals surface area contributed by atoms with Crippen LogP contribution in [0, 0.1) is 0 Å². The molecule has 0 bridgehead atoms. The molecule has 12 heavy (non-hydrogen) atoms. The topological polar surface area (TPSA) is 18.5 Å². The van der Waals surface area contributed by atoms with E-state index in [-0.39, 0.29) is 7.12 Å². The van der Waals surface area contributed by atoms with Crippen molar-refractivity contribution in [2.45, 2.75) is 6.92 Å². The van der Waals surface area contributed by atoms with Gasteiger partial charge in [0.05, 0.1) is 0 Å². The lowest BCUT2D eigenvalue weighted by atomic mass is 9.91. The molecule has 60 valence electrons. The zero-order valence-corrected chi connectivity index (χ0v) is 6.86. The van der Waals surface area contributed by atoms with Crippen molar-refractivity contribution in [2.24, 2.45) is 0 Å². The van der Waals surface area contributed by atoms with Crippen molar-refractivity contribution >= 4 is 7.12 Å². The zero-order valence-electron chi connectivity index (χ0n) is 6.86. The van der Waals surface area contributed by atoms with Crippen LogP contribution >= 0.6 is 0 Å². The van der Waals surface area contributed by atoms with Gasteiger partial charge in [0.2, 0.25) is 0 Å². The summed E-state index contributed by atoms with van der Waals surface area (Å²) in [5.74, 6) is 3.52. The third-order valence-electron chi connectivity index (χ3n) is 1.68. The molecule has 0 unspecified atom stereocenters. The molecular formula is C9H9BO2. The summed E-state index contributed by atoms with van der Waals surface area (Å²) in [5, 5.41) is 0. The Morgan fingerprint density at radius 1 is 1.17 bits per heavy atom. The van der Waals surface area contributed by atoms with E-state index in [0.717, 1.165) is 11.5 Å². The van der Waals surface area contributed by atoms with Crippen molar-refractivity contribution in [2.75, 3.05) is 0 Å². The number of rotatable bonds is 1. The molecule has 0 saturated carbocycles. The van der Waals surface area contributed by atoms with Gasteiger partial charge < -0.3 is 9.31 Å². The third-order valence-corrected chi connectivity index (χ3v) is 1.68. The first-order chi connectivity index (χ1) is 5.90. The molecule has 0 aliphatic carbocycles. The molecule has 0 spiro atoms. The van der Waals surface area contributed by atoms with E-state index in [2.05, 4.69) is 0 Å². The summed E-state index contributed by atoms with van der Waals surface area (Å²) in [4.78, 5) is 0. The van der Waals surface area contributed by atoms with Crippen LogP contribution in [0.25, 0.3) is 0 Å². The molecule has 2 nitrogen and oxygen atoms in total. The fraction of sp³-hybridized carbons (Fsp3) is 0.111. The van der Waals surface area contributed by atoms with Crippen LogP contribution in [0.1, 0.15) is 6.92 Å². The SMILES string of the molecule is C/C=C\B1Oc2ccccc2O1. The zero-order chi connectivity index (χ0) is 8.39. The Kier molecular flexibility index (Phi) is 1.78. The number of hydrogen-bond donors (Lipinski definition) is 0. The molecule has 1 aliphatic heterocycles. The first-order valence-corrected chi connectivity index (χ1v) is 3.95. The molecule has 0 amide bonds. The minimum absolute atomic E-state index is 0.243. The highest BCUT2D eigenvalue weighted by Crippen LogP contribution is 2.32. The Balaban J connectivity index is 2.22. The second-order valence-corrected chi connectivity index (χ2v) is 2.58. The lowest BCUT2D eigenvalue weighted by Crippen LogP contribution is -2.21. The van der Waals surface area contributed by atoms with E-state index in [1.165, 1.54) is 0 Å². The molecule has 1 aromatic carbocycles. The fourth-order valence-electron chi connectivity index (χ4n) is 1.15. The monoisotopic (exact) mass is 160 g/mol. The highest BCUT2D eigenvalue weighted by atomic mass is 16.6. The van der Waals surface area contributed by atoms with Crippen molar-refractivity contribution in [1.82, 2.24) is 0 Å². The summed E-state index contributed by atoms with van der Waals surface area (Å²) >= 11 is 0. The summed E-state index contributed by atoms with van der Waals surface area (Å²) in [6.07, 6.45) is 1.91. The van der Waals surface area contributed by atoms with E-state index in [0.29, 0.717) is 0 Å². The summed E-state index contributed by atoms with van der Waals surface area (Å²) in [6, 6.07) is 7.66. The average molecular weight is 160 g/mol. The minimum atomic E-state index is -0.243. The minimum Gasteiger partial charge on any atom is -0.520 e. The van der Waals surface area contributed by atoms with Crippen molar-refractivity contribution in [3.63, 3.8) is 0 Å². The maximum atomic E-state index is 5.44. The van der Waals surface area contributed by atoms with Gasteiger partial charge in [0.25, 0.3) is 0 Å². The number of benzene rings is 1. The first kappa shape index (κ1) is 7.28. The number of allylic oxidation sites excluding steroid dienone is 1. The molecule has 3 heteroatoms. The summed E-state index contributed by atoms with van der Waals surface area (Å²) < 4.78 is 10.9. The Morgan fingerprint density at radius 2 is 1.75 bits per heavy atom. The number of para-hydroxylation sites is 2. The molecule has 0 saturated heterocycles. The van der Waals surface area contributed by atoms with Gasteiger partial charge in [0.1, 0.15) is 11.5 Å². The van der Waals surface area contributed by atoms with E-state index >= 15 is 0 Å². The molecule has 0 atom stereocenters. The molecule has 0 fully saturated rings. The van der Waals surface area contributed by atoms with Gasteiger partial charge in [-0.3, -0.25) is 0 Å². The molecule has 0 N–H and O–H groups in total. The molecule has 1 heterocycles. The Bertz CT molecular complexity index is 284. The summed E-state index contributed by atoms with van der Waals surface area (Å²) in [6.45, 7) is 1.94. The van der Waals surface area contributed by atoms with Gasteiger partial charge in [-0.15, -0.1) is 0 Å². The van der Waals surface area contributed by atoms with Crippen molar-refractivity contribution in [1.29, 1.82) is 0 Å². The molecule has 0 aromatic heterocycles. The summed E-state index contributed by atoms with van der Waals surface area (Å²) in [7, 11) is -0.243. The van der Waals surface area contributed by atoms with E-state index < -0.39 is 0 Å². The molecule has 1 aliphatic rings. The maximum Gasteiger partial charge on any atom is 0.624 e. The lowest BCUT2D eigenvalue weighted by Gasteiger charge is -1.95. The van der Waals surface area contributed by atoms with Crippen LogP contribution in [-0.4, -0.2) is 7.12 Å². The second kappa shape index (κ2) is 2.93. The van der Waals surface area contributed by atoms with E-state index in [1.807, 2.05) is 43.2 Å². The predicted octanol–water partition coefficient (Wildman–Crippen LogP) is 2.06. The van der Waals surface area contributed by atoms with Gasteiger partial charge in [-0.05, 0) is 25.0 Å². The Labute approximate surface area is 72.0 Å². The normalized spacial score (nSPS) is 14.2. The van der Waals surface area contributed by atoms with E-state index in [4.69, 9.17) is 9.31 Å². The molecule has 1 aromatic rings. The molecular weight excluding hydrogens is 151 g/mol. The van der Waals surface area contributed by atoms with Crippen LogP contribution in [0.2, 0.25) is 0 Å². The largest absolute Gasteiger partial charge is 0.624 e. The van der Waals surface area contributed by atoms with Crippen LogP contribution < -0.4 is 9.31 Å².